The van der Waals surface area contributed by atoms with Crippen molar-refractivity contribution in [2.45, 2.75) is 36.3 Å². The van der Waals surface area contributed by atoms with Crippen LogP contribution in [0.15, 0.2) is 11.7 Å². The van der Waals surface area contributed by atoms with Gasteiger partial charge in [-0.25, -0.2) is 22.0 Å². The predicted octanol–water partition coefficient (Wildman–Crippen LogP) is 6.69. The first-order valence-electron chi connectivity index (χ1n) is 5.83. The lowest BCUT2D eigenvalue weighted by atomic mass is 9.77. The summed E-state index contributed by atoms with van der Waals surface area (Å²) in [7, 11) is 0. The number of hydrogen-bond acceptors (Lipinski definition) is 0. The van der Waals surface area contributed by atoms with Gasteiger partial charge in [-0.3, -0.25) is 0 Å². The molecule has 0 atom stereocenters. The van der Waals surface area contributed by atoms with Gasteiger partial charge in [0.05, 0.1) is 0 Å². The lowest BCUT2D eigenvalue weighted by Gasteiger charge is -2.40. The fraction of sp³-hybridized carbons (Fsp3) is 0.800. The minimum atomic E-state index is -7.94. The molecule has 0 unspecified atom stereocenters. The third-order valence-electron chi connectivity index (χ3n) is 3.11. The average Bonchev–Trinajstić information content (AvgIpc) is 2.41. The first-order valence-corrected chi connectivity index (χ1v) is 5.83. The van der Waals surface area contributed by atoms with Gasteiger partial charge in [0.1, 0.15) is 0 Å². The van der Waals surface area contributed by atoms with E-state index < -0.39 is 60.0 Å². The Kier molecular flexibility index (Phi) is 6.41. The fourth-order valence-electron chi connectivity index (χ4n) is 1.70. The standard InChI is InChI=1S/C10H2F18/c11-1-4(14,15)5(8(20,21)22,9(23,24)25)2(12)3(13)6(16,17)7(18,19)10(26,27)28/h1H2. The summed E-state index contributed by atoms with van der Waals surface area (Å²) in [6.07, 6.45) is -23.5. The summed E-state index contributed by atoms with van der Waals surface area (Å²) in [4.78, 5) is 0. The van der Waals surface area contributed by atoms with Gasteiger partial charge in [-0.15, -0.1) is 0 Å². The van der Waals surface area contributed by atoms with E-state index in [1.165, 1.54) is 0 Å². The second-order valence-corrected chi connectivity index (χ2v) is 4.86. The van der Waals surface area contributed by atoms with Gasteiger partial charge >= 0.3 is 36.3 Å². The summed E-state index contributed by atoms with van der Waals surface area (Å²) in [5.74, 6) is -33.9. The summed E-state index contributed by atoms with van der Waals surface area (Å²) >= 11 is 0. The smallest absolute Gasteiger partial charge is 0.244 e. The van der Waals surface area contributed by atoms with E-state index in [1.54, 1.807) is 0 Å². The van der Waals surface area contributed by atoms with E-state index in [9.17, 15) is 79.0 Å². The molecule has 0 aliphatic rings. The quantitative estimate of drug-likeness (QED) is 0.398. The van der Waals surface area contributed by atoms with Crippen LogP contribution in [0.4, 0.5) is 79.0 Å². The molecule has 28 heavy (non-hydrogen) atoms. The first-order chi connectivity index (χ1) is 11.9. The van der Waals surface area contributed by atoms with Crippen molar-refractivity contribution in [2.24, 2.45) is 5.41 Å². The minimum absolute atomic E-state index is 4.16. The summed E-state index contributed by atoms with van der Waals surface area (Å²) in [5.41, 5.74) is -7.85. The molecule has 0 N–H and O–H groups in total. The van der Waals surface area contributed by atoms with Gasteiger partial charge in [-0.1, -0.05) is 0 Å². The number of halogens is 18. The molecule has 0 aliphatic carbocycles. The molecular weight excluding hydrogens is 462 g/mol. The topological polar surface area (TPSA) is 0 Å². The summed E-state index contributed by atoms with van der Waals surface area (Å²) < 4.78 is 227. The highest BCUT2D eigenvalue weighted by Crippen LogP contribution is 2.65. The molecular formula is C10H2F18. The Labute approximate surface area is 140 Å². The van der Waals surface area contributed by atoms with Crippen LogP contribution in [0.25, 0.3) is 0 Å². The SMILES string of the molecule is FCC(F)(F)C(C(F)=C(F)C(F)(F)C(F)(F)C(F)(F)F)(C(F)(F)F)C(F)(F)F. The van der Waals surface area contributed by atoms with Crippen LogP contribution in [-0.2, 0) is 0 Å². The van der Waals surface area contributed by atoms with Crippen LogP contribution >= 0.6 is 0 Å². The molecule has 0 fully saturated rings. The van der Waals surface area contributed by atoms with Crippen molar-refractivity contribution in [2.75, 3.05) is 6.67 Å². The molecule has 0 saturated carbocycles. The number of rotatable bonds is 5. The molecule has 0 rings (SSSR count). The van der Waals surface area contributed by atoms with Crippen molar-refractivity contribution in [1.29, 1.82) is 0 Å². The van der Waals surface area contributed by atoms with E-state index in [1.807, 2.05) is 0 Å². The van der Waals surface area contributed by atoms with E-state index in [0.29, 0.717) is 0 Å². The van der Waals surface area contributed by atoms with Gasteiger partial charge in [0.15, 0.2) is 12.5 Å². The second kappa shape index (κ2) is 6.77. The maximum absolute atomic E-state index is 13.4. The molecule has 0 aromatic heterocycles. The van der Waals surface area contributed by atoms with Crippen LogP contribution in [0, 0.1) is 5.41 Å². The van der Waals surface area contributed by atoms with Crippen molar-refractivity contribution in [3.63, 3.8) is 0 Å². The van der Waals surface area contributed by atoms with E-state index in [4.69, 9.17) is 0 Å². The molecule has 168 valence electrons. The molecule has 0 aromatic rings. The molecule has 0 aromatic carbocycles. The highest BCUT2D eigenvalue weighted by Gasteiger charge is 2.87. The Morgan fingerprint density at radius 3 is 1.04 bits per heavy atom. The lowest BCUT2D eigenvalue weighted by Crippen LogP contribution is -2.63. The van der Waals surface area contributed by atoms with E-state index in [0.717, 1.165) is 0 Å². The van der Waals surface area contributed by atoms with Gasteiger partial charge in [0.25, 0.3) is 5.41 Å². The molecule has 0 bridgehead atoms. The van der Waals surface area contributed by atoms with Crippen LogP contribution in [0.1, 0.15) is 0 Å². The molecule has 0 radical (unpaired) electrons. The first kappa shape index (κ1) is 26.5. The Hall–Kier alpha value is -1.52. The minimum Gasteiger partial charge on any atom is -0.244 e. The second-order valence-electron chi connectivity index (χ2n) is 4.86. The lowest BCUT2D eigenvalue weighted by molar-refractivity contribution is -0.392. The third-order valence-corrected chi connectivity index (χ3v) is 3.11. The summed E-state index contributed by atoms with van der Waals surface area (Å²) in [6, 6.07) is 0. The highest BCUT2D eigenvalue weighted by atomic mass is 19.4. The van der Waals surface area contributed by atoms with Crippen LogP contribution in [0.2, 0.25) is 0 Å². The monoisotopic (exact) mass is 464 g/mol. The molecule has 0 heterocycles. The number of allylic oxidation sites excluding steroid dienone is 2. The van der Waals surface area contributed by atoms with E-state index >= 15 is 0 Å². The fourth-order valence-corrected chi connectivity index (χ4v) is 1.70. The van der Waals surface area contributed by atoms with Crippen molar-refractivity contribution in [3.8, 4) is 0 Å². The Morgan fingerprint density at radius 2 is 0.821 bits per heavy atom. The largest absolute Gasteiger partial charge is 0.460 e. The Morgan fingerprint density at radius 1 is 0.500 bits per heavy atom. The van der Waals surface area contributed by atoms with Crippen LogP contribution in [-0.4, -0.2) is 43.0 Å². The molecule has 18 heteroatoms. The van der Waals surface area contributed by atoms with Crippen LogP contribution < -0.4 is 0 Å². The summed E-state index contributed by atoms with van der Waals surface area (Å²) in [6.45, 7) is -4.16. The number of hydrogen-bond donors (Lipinski definition) is 0. The van der Waals surface area contributed by atoms with Gasteiger partial charge in [-0.2, -0.15) is 57.1 Å². The maximum atomic E-state index is 13.4. The zero-order valence-corrected chi connectivity index (χ0v) is 12.0. The van der Waals surface area contributed by atoms with Crippen LogP contribution in [0.5, 0.6) is 0 Å². The zero-order chi connectivity index (χ0) is 23.4. The van der Waals surface area contributed by atoms with Crippen molar-refractivity contribution >= 4 is 0 Å². The Balaban J connectivity index is 7.40. The maximum Gasteiger partial charge on any atom is 0.460 e. The molecule has 0 spiro atoms. The van der Waals surface area contributed by atoms with Gasteiger partial charge in [0, 0.05) is 0 Å². The molecule has 0 saturated heterocycles. The zero-order valence-electron chi connectivity index (χ0n) is 12.0. The van der Waals surface area contributed by atoms with E-state index in [2.05, 4.69) is 0 Å². The molecule has 0 aliphatic heterocycles. The number of alkyl halides is 16. The predicted molar refractivity (Wildman–Crippen MR) is 50.7 cm³/mol. The van der Waals surface area contributed by atoms with E-state index in [-0.39, 0.29) is 0 Å². The highest BCUT2D eigenvalue weighted by molar-refractivity contribution is 5.28. The summed E-state index contributed by atoms with van der Waals surface area (Å²) in [5, 5.41) is 0. The normalized spacial score (nSPS) is 16.9. The third kappa shape index (κ3) is 3.46. The Bertz CT molecular complexity index is 583. The van der Waals surface area contributed by atoms with Gasteiger partial charge < -0.3 is 0 Å². The van der Waals surface area contributed by atoms with Crippen LogP contribution in [0.3, 0.4) is 0 Å². The van der Waals surface area contributed by atoms with Gasteiger partial charge in [0.2, 0.25) is 5.83 Å². The van der Waals surface area contributed by atoms with Crippen molar-refractivity contribution in [1.82, 2.24) is 0 Å². The van der Waals surface area contributed by atoms with Crippen molar-refractivity contribution < 1.29 is 79.0 Å². The van der Waals surface area contributed by atoms with Gasteiger partial charge in [-0.05, 0) is 0 Å². The molecule has 0 nitrogen and oxygen atoms in total. The molecule has 0 amide bonds. The van der Waals surface area contributed by atoms with Crippen molar-refractivity contribution in [3.05, 3.63) is 11.7 Å². The average molecular weight is 464 g/mol.